The number of hydrogen-bond acceptors (Lipinski definition) is 3. The second-order valence-electron chi connectivity index (χ2n) is 5.58. The van der Waals surface area contributed by atoms with Gasteiger partial charge in [-0.25, -0.2) is 0 Å². The molecule has 1 aromatic rings. The highest BCUT2D eigenvalue weighted by Gasteiger charge is 2.47. The van der Waals surface area contributed by atoms with E-state index in [1.54, 1.807) is 14.2 Å². The molecule has 0 saturated heterocycles. The van der Waals surface area contributed by atoms with Gasteiger partial charge in [-0.2, -0.15) is 0 Å². The molecule has 4 heteroatoms. The van der Waals surface area contributed by atoms with Crippen molar-refractivity contribution in [1.29, 1.82) is 0 Å². The molecule has 0 unspecified atom stereocenters. The zero-order valence-corrected chi connectivity index (χ0v) is 13.0. The molecule has 1 aromatic carbocycles. The Labute approximate surface area is 127 Å². The highest BCUT2D eigenvalue weighted by molar-refractivity contribution is 5.89. The molecule has 0 N–H and O–H groups in total. The van der Waals surface area contributed by atoms with Gasteiger partial charge in [-0.15, -0.1) is 0 Å². The molecule has 116 valence electrons. The minimum atomic E-state index is -0.331. The van der Waals surface area contributed by atoms with Gasteiger partial charge >= 0.3 is 0 Å². The van der Waals surface area contributed by atoms with E-state index in [0.717, 1.165) is 24.8 Å². The fraction of sp³-hybridized carbons (Fsp3) is 0.588. The van der Waals surface area contributed by atoms with Gasteiger partial charge in [-0.3, -0.25) is 4.79 Å². The average molecular weight is 291 g/mol. The number of rotatable bonds is 8. The maximum atomic E-state index is 13.1. The van der Waals surface area contributed by atoms with E-state index in [0.29, 0.717) is 26.3 Å². The molecule has 1 aliphatic rings. The first-order chi connectivity index (χ1) is 10.2. The van der Waals surface area contributed by atoms with Crippen LogP contribution in [0.2, 0.25) is 0 Å². The van der Waals surface area contributed by atoms with Crippen LogP contribution in [0.1, 0.15) is 24.8 Å². The molecule has 0 aromatic heterocycles. The van der Waals surface area contributed by atoms with Crippen molar-refractivity contribution in [2.45, 2.75) is 24.7 Å². The fourth-order valence-corrected chi connectivity index (χ4v) is 2.93. The summed E-state index contributed by atoms with van der Waals surface area (Å²) in [6.07, 6.45) is 2.99. The lowest BCUT2D eigenvalue weighted by atomic mass is 9.63. The maximum Gasteiger partial charge on any atom is 0.233 e. The number of hydrogen-bond donors (Lipinski definition) is 0. The van der Waals surface area contributed by atoms with Crippen LogP contribution in [0.4, 0.5) is 0 Å². The zero-order chi connectivity index (χ0) is 15.1. The summed E-state index contributed by atoms with van der Waals surface area (Å²) in [4.78, 5) is 15.0. The van der Waals surface area contributed by atoms with Crippen LogP contribution in [0, 0.1) is 0 Å². The molecule has 0 bridgehead atoms. The molecule has 1 amide bonds. The highest BCUT2D eigenvalue weighted by atomic mass is 16.5. The van der Waals surface area contributed by atoms with Crippen LogP contribution in [0.15, 0.2) is 30.3 Å². The molecular weight excluding hydrogens is 266 g/mol. The summed E-state index contributed by atoms with van der Waals surface area (Å²) in [5.41, 5.74) is 0.809. The Morgan fingerprint density at radius 3 is 2.10 bits per heavy atom. The zero-order valence-electron chi connectivity index (χ0n) is 13.0. The lowest BCUT2D eigenvalue weighted by Gasteiger charge is -2.44. The van der Waals surface area contributed by atoms with Crippen molar-refractivity contribution in [3.05, 3.63) is 35.9 Å². The number of amides is 1. The van der Waals surface area contributed by atoms with E-state index in [1.807, 2.05) is 23.1 Å². The smallest absolute Gasteiger partial charge is 0.233 e. The Kier molecular flexibility index (Phi) is 5.76. The molecule has 1 aliphatic carbocycles. The van der Waals surface area contributed by atoms with E-state index < -0.39 is 0 Å². The summed E-state index contributed by atoms with van der Waals surface area (Å²) in [5.74, 6) is 0.217. The van der Waals surface area contributed by atoms with Gasteiger partial charge in [-0.05, 0) is 18.4 Å². The largest absolute Gasteiger partial charge is 0.383 e. The van der Waals surface area contributed by atoms with E-state index in [4.69, 9.17) is 9.47 Å². The van der Waals surface area contributed by atoms with E-state index in [9.17, 15) is 4.79 Å². The van der Waals surface area contributed by atoms with Crippen molar-refractivity contribution in [3.8, 4) is 0 Å². The Bertz CT molecular complexity index is 435. The quantitative estimate of drug-likeness (QED) is 0.737. The topological polar surface area (TPSA) is 38.8 Å². The summed E-state index contributed by atoms with van der Waals surface area (Å²) in [6, 6.07) is 10.2. The third kappa shape index (κ3) is 3.44. The predicted molar refractivity (Wildman–Crippen MR) is 82.3 cm³/mol. The Hall–Kier alpha value is -1.39. The van der Waals surface area contributed by atoms with Crippen molar-refractivity contribution in [1.82, 2.24) is 4.90 Å². The van der Waals surface area contributed by atoms with Gasteiger partial charge in [-0.1, -0.05) is 36.8 Å². The molecule has 4 nitrogen and oxygen atoms in total. The van der Waals surface area contributed by atoms with E-state index in [1.165, 1.54) is 0 Å². The number of nitrogens with zero attached hydrogens (tertiary/aromatic N) is 1. The van der Waals surface area contributed by atoms with Crippen molar-refractivity contribution < 1.29 is 14.3 Å². The first kappa shape index (κ1) is 16.0. The van der Waals surface area contributed by atoms with Gasteiger partial charge in [0.1, 0.15) is 0 Å². The molecule has 0 aliphatic heterocycles. The highest BCUT2D eigenvalue weighted by Crippen LogP contribution is 2.45. The Morgan fingerprint density at radius 2 is 1.67 bits per heavy atom. The normalized spacial score (nSPS) is 16.3. The molecule has 0 spiro atoms. The van der Waals surface area contributed by atoms with E-state index in [-0.39, 0.29) is 11.3 Å². The number of carbonyl (C=O) groups excluding carboxylic acids is 1. The van der Waals surface area contributed by atoms with E-state index >= 15 is 0 Å². The van der Waals surface area contributed by atoms with Crippen LogP contribution < -0.4 is 0 Å². The van der Waals surface area contributed by atoms with Crippen LogP contribution >= 0.6 is 0 Å². The molecule has 1 fully saturated rings. The monoisotopic (exact) mass is 291 g/mol. The maximum absolute atomic E-state index is 13.1. The average Bonchev–Trinajstić information content (AvgIpc) is 2.47. The number of carbonyl (C=O) groups is 1. The van der Waals surface area contributed by atoms with Crippen LogP contribution in [0.5, 0.6) is 0 Å². The van der Waals surface area contributed by atoms with Crippen molar-refractivity contribution in [2.24, 2.45) is 0 Å². The molecule has 1 saturated carbocycles. The van der Waals surface area contributed by atoms with E-state index in [2.05, 4.69) is 12.1 Å². The van der Waals surface area contributed by atoms with Crippen LogP contribution in [-0.2, 0) is 19.7 Å². The molecule has 0 atom stereocenters. The lowest BCUT2D eigenvalue weighted by molar-refractivity contribution is -0.142. The summed E-state index contributed by atoms with van der Waals surface area (Å²) in [6.45, 7) is 2.35. The van der Waals surface area contributed by atoms with Gasteiger partial charge in [0.15, 0.2) is 0 Å². The SMILES string of the molecule is COCCN(CCOC)C(=O)C1(c2ccccc2)CCC1. The third-order valence-electron chi connectivity index (χ3n) is 4.36. The fourth-order valence-electron chi connectivity index (χ4n) is 2.93. The molecule has 2 rings (SSSR count). The summed E-state index contributed by atoms with van der Waals surface area (Å²) in [5, 5.41) is 0. The number of benzene rings is 1. The summed E-state index contributed by atoms with van der Waals surface area (Å²) < 4.78 is 10.3. The first-order valence-corrected chi connectivity index (χ1v) is 7.57. The van der Waals surface area contributed by atoms with Gasteiger partial charge in [0.05, 0.1) is 18.6 Å². The lowest BCUT2D eigenvalue weighted by Crippen LogP contribution is -2.52. The third-order valence-corrected chi connectivity index (χ3v) is 4.36. The Balaban J connectivity index is 2.16. The number of ether oxygens (including phenoxy) is 2. The second-order valence-corrected chi connectivity index (χ2v) is 5.58. The van der Waals surface area contributed by atoms with Crippen LogP contribution in [-0.4, -0.2) is 51.3 Å². The van der Waals surface area contributed by atoms with Crippen molar-refractivity contribution >= 4 is 5.91 Å². The van der Waals surface area contributed by atoms with Gasteiger partial charge < -0.3 is 14.4 Å². The van der Waals surface area contributed by atoms with Gasteiger partial charge in [0.25, 0.3) is 0 Å². The number of methoxy groups -OCH3 is 2. The summed E-state index contributed by atoms with van der Waals surface area (Å²) in [7, 11) is 3.32. The second kappa shape index (κ2) is 7.57. The minimum Gasteiger partial charge on any atom is -0.383 e. The predicted octanol–water partition coefficient (Wildman–Crippen LogP) is 2.23. The molecule has 0 radical (unpaired) electrons. The summed E-state index contributed by atoms with van der Waals surface area (Å²) >= 11 is 0. The van der Waals surface area contributed by atoms with Crippen LogP contribution in [0.3, 0.4) is 0 Å². The molecule has 0 heterocycles. The standard InChI is InChI=1S/C17H25NO3/c1-20-13-11-18(12-14-21-2)16(19)17(9-6-10-17)15-7-4-3-5-8-15/h3-5,7-8H,6,9-14H2,1-2H3. The molecule has 21 heavy (non-hydrogen) atoms. The van der Waals surface area contributed by atoms with Crippen molar-refractivity contribution in [2.75, 3.05) is 40.5 Å². The minimum absolute atomic E-state index is 0.217. The first-order valence-electron chi connectivity index (χ1n) is 7.57. The van der Waals surface area contributed by atoms with Crippen LogP contribution in [0.25, 0.3) is 0 Å². The Morgan fingerprint density at radius 1 is 1.10 bits per heavy atom. The molecular formula is C17H25NO3. The van der Waals surface area contributed by atoms with Crippen molar-refractivity contribution in [3.63, 3.8) is 0 Å². The van der Waals surface area contributed by atoms with Gasteiger partial charge in [0, 0.05) is 27.3 Å². The van der Waals surface area contributed by atoms with Gasteiger partial charge in [0.2, 0.25) is 5.91 Å².